The lowest BCUT2D eigenvalue weighted by molar-refractivity contribution is 0.0608. The average Bonchev–Trinajstić information content (AvgIpc) is 2.26. The molecule has 0 bridgehead atoms. The first kappa shape index (κ1) is 17.9. The van der Waals surface area contributed by atoms with E-state index in [1.165, 1.54) is 0 Å². The van der Waals surface area contributed by atoms with Crippen LogP contribution in [-0.2, 0) is 28.6 Å². The first-order chi connectivity index (χ1) is 8.98. The van der Waals surface area contributed by atoms with E-state index >= 15 is 0 Å². The normalized spacial score (nSPS) is 32.2. The van der Waals surface area contributed by atoms with Crippen LogP contribution < -0.4 is 0 Å². The molecule has 0 heterocycles. The smallest absolute Gasteiger partial charge is 0.264 e. The van der Waals surface area contributed by atoms with Gasteiger partial charge in [0.1, 0.15) is 0 Å². The molecule has 0 unspecified atom stereocenters. The molecule has 1 fully saturated rings. The fourth-order valence-electron chi connectivity index (χ4n) is 2.63. The molecule has 1 aliphatic rings. The van der Waals surface area contributed by atoms with Gasteiger partial charge in [-0.25, -0.2) is 0 Å². The predicted octanol–water partition coefficient (Wildman–Crippen LogP) is 1.24. The number of hydrogen-bond acceptors (Lipinski definition) is 6. The van der Waals surface area contributed by atoms with Gasteiger partial charge in [0.25, 0.3) is 20.2 Å². The molecule has 1 saturated carbocycles. The third-order valence-electron chi connectivity index (χ3n) is 3.98. The minimum Gasteiger partial charge on any atom is -0.270 e. The van der Waals surface area contributed by atoms with Crippen LogP contribution in [0.25, 0.3) is 0 Å². The summed E-state index contributed by atoms with van der Waals surface area (Å²) >= 11 is 0. The second kappa shape index (κ2) is 6.72. The molecule has 20 heavy (non-hydrogen) atoms. The average molecular weight is 328 g/mol. The molecule has 0 aromatic heterocycles. The summed E-state index contributed by atoms with van der Waals surface area (Å²) in [6.07, 6.45) is 3.66. The topological polar surface area (TPSA) is 86.7 Å². The quantitative estimate of drug-likeness (QED) is 0.682. The summed E-state index contributed by atoms with van der Waals surface area (Å²) in [5, 5.41) is 0. The van der Waals surface area contributed by atoms with E-state index < -0.39 is 20.2 Å². The summed E-state index contributed by atoms with van der Waals surface area (Å²) < 4.78 is 54.1. The highest BCUT2D eigenvalue weighted by atomic mass is 32.2. The lowest BCUT2D eigenvalue weighted by Crippen LogP contribution is -2.35. The minimum absolute atomic E-state index is 0.00215. The van der Waals surface area contributed by atoms with Crippen molar-refractivity contribution in [3.63, 3.8) is 0 Å². The van der Waals surface area contributed by atoms with Gasteiger partial charge in [-0.3, -0.25) is 8.37 Å². The van der Waals surface area contributed by atoms with Crippen molar-refractivity contribution in [2.75, 3.05) is 25.7 Å². The Bertz CT molecular complexity index is 462. The highest BCUT2D eigenvalue weighted by Crippen LogP contribution is 2.38. The molecule has 0 spiro atoms. The Kier molecular flexibility index (Phi) is 6.01. The monoisotopic (exact) mass is 328 g/mol. The van der Waals surface area contributed by atoms with Crippen molar-refractivity contribution in [3.8, 4) is 0 Å². The van der Waals surface area contributed by atoms with Crippen molar-refractivity contribution in [2.45, 2.75) is 26.7 Å². The summed E-state index contributed by atoms with van der Waals surface area (Å²) in [5.41, 5.74) is 0. The van der Waals surface area contributed by atoms with E-state index in [1.807, 2.05) is 0 Å². The van der Waals surface area contributed by atoms with Gasteiger partial charge in [0, 0.05) is 0 Å². The predicted molar refractivity (Wildman–Crippen MR) is 76.1 cm³/mol. The molecule has 0 saturated heterocycles. The largest absolute Gasteiger partial charge is 0.270 e. The molecule has 0 amide bonds. The summed E-state index contributed by atoms with van der Waals surface area (Å²) in [6, 6.07) is 0. The molecule has 0 aliphatic heterocycles. The first-order valence-corrected chi connectivity index (χ1v) is 10.3. The van der Waals surface area contributed by atoms with Crippen molar-refractivity contribution in [1.29, 1.82) is 0 Å². The molecule has 4 atom stereocenters. The Morgan fingerprint density at radius 3 is 1.35 bits per heavy atom. The van der Waals surface area contributed by atoms with Crippen LogP contribution in [-0.4, -0.2) is 42.6 Å². The van der Waals surface area contributed by atoms with Gasteiger partial charge in [-0.2, -0.15) is 16.8 Å². The van der Waals surface area contributed by atoms with Crippen molar-refractivity contribution < 1.29 is 25.2 Å². The van der Waals surface area contributed by atoms with E-state index in [4.69, 9.17) is 8.37 Å². The summed E-state index contributed by atoms with van der Waals surface area (Å²) in [6.45, 7) is 4.42. The third kappa shape index (κ3) is 6.51. The molecule has 6 nitrogen and oxygen atoms in total. The van der Waals surface area contributed by atoms with Crippen LogP contribution in [0.5, 0.6) is 0 Å². The second-order valence-electron chi connectivity index (χ2n) is 5.92. The van der Waals surface area contributed by atoms with E-state index in [0.717, 1.165) is 25.4 Å². The van der Waals surface area contributed by atoms with E-state index in [-0.39, 0.29) is 25.0 Å². The van der Waals surface area contributed by atoms with E-state index in [9.17, 15) is 16.8 Å². The van der Waals surface area contributed by atoms with Gasteiger partial charge in [-0.15, -0.1) is 0 Å². The highest BCUT2D eigenvalue weighted by Gasteiger charge is 2.34. The van der Waals surface area contributed by atoms with Crippen LogP contribution in [0.4, 0.5) is 0 Å². The van der Waals surface area contributed by atoms with Crippen molar-refractivity contribution in [3.05, 3.63) is 0 Å². The lowest BCUT2D eigenvalue weighted by atomic mass is 9.70. The number of rotatable bonds is 6. The van der Waals surface area contributed by atoms with Crippen molar-refractivity contribution in [2.24, 2.45) is 23.7 Å². The fourth-order valence-corrected chi connectivity index (χ4v) is 3.48. The Morgan fingerprint density at radius 2 is 1.10 bits per heavy atom. The van der Waals surface area contributed by atoms with Crippen LogP contribution in [0.15, 0.2) is 0 Å². The molecule has 8 heteroatoms. The van der Waals surface area contributed by atoms with Gasteiger partial charge in [0.15, 0.2) is 0 Å². The Balaban J connectivity index is 2.69. The molecule has 120 valence electrons. The first-order valence-electron chi connectivity index (χ1n) is 6.66. The second-order valence-corrected chi connectivity index (χ2v) is 9.21. The van der Waals surface area contributed by atoms with Crippen LogP contribution in [0.1, 0.15) is 26.7 Å². The Morgan fingerprint density at radius 1 is 0.800 bits per heavy atom. The Labute approximate surface area is 122 Å². The van der Waals surface area contributed by atoms with Crippen molar-refractivity contribution >= 4 is 20.2 Å². The SMILES string of the molecule is C[C@H]1C[C@H](COS(C)(=O)=O)[C@@H](COS(C)(=O)=O)C[C@@H]1C. The molecule has 0 aromatic rings. The van der Waals surface area contributed by atoms with Crippen molar-refractivity contribution in [1.82, 2.24) is 0 Å². The lowest BCUT2D eigenvalue weighted by Gasteiger charge is -2.38. The van der Waals surface area contributed by atoms with Gasteiger partial charge in [0.05, 0.1) is 25.7 Å². The van der Waals surface area contributed by atoms with E-state index in [0.29, 0.717) is 11.8 Å². The maximum absolute atomic E-state index is 11.1. The molecule has 0 radical (unpaired) electrons. The Hall–Kier alpha value is -0.180. The van der Waals surface area contributed by atoms with Crippen LogP contribution in [0.2, 0.25) is 0 Å². The summed E-state index contributed by atoms with van der Waals surface area (Å²) in [7, 11) is -6.96. The molecule has 1 rings (SSSR count). The molecule has 1 aliphatic carbocycles. The van der Waals surface area contributed by atoms with Crippen LogP contribution in [0, 0.1) is 23.7 Å². The van der Waals surface area contributed by atoms with E-state index in [1.54, 1.807) is 0 Å². The maximum Gasteiger partial charge on any atom is 0.264 e. The van der Waals surface area contributed by atoms with E-state index in [2.05, 4.69) is 13.8 Å². The highest BCUT2D eigenvalue weighted by molar-refractivity contribution is 7.86. The fraction of sp³-hybridized carbons (Fsp3) is 1.00. The standard InChI is InChI=1S/C12H24O6S2/c1-9-5-11(7-17-19(3,13)14)12(6-10(9)2)8-18-20(4,15)16/h9-12H,5-8H2,1-4H3/t9-,10-,11+,12+/m0/s1. The number of hydrogen-bond donors (Lipinski definition) is 0. The van der Waals surface area contributed by atoms with Gasteiger partial charge in [-0.05, 0) is 36.5 Å². The molecule has 0 N–H and O–H groups in total. The van der Waals surface area contributed by atoms with Crippen LogP contribution >= 0.6 is 0 Å². The maximum atomic E-state index is 11.1. The van der Waals surface area contributed by atoms with Gasteiger partial charge >= 0.3 is 0 Å². The zero-order valence-corrected chi connectivity index (χ0v) is 14.0. The summed E-state index contributed by atoms with van der Waals surface area (Å²) in [4.78, 5) is 0. The zero-order chi connectivity index (χ0) is 15.6. The minimum atomic E-state index is -3.48. The van der Waals surface area contributed by atoms with Gasteiger partial charge < -0.3 is 0 Å². The van der Waals surface area contributed by atoms with Gasteiger partial charge in [0.2, 0.25) is 0 Å². The molecular formula is C12H24O6S2. The van der Waals surface area contributed by atoms with Crippen LogP contribution in [0.3, 0.4) is 0 Å². The molecular weight excluding hydrogens is 304 g/mol. The zero-order valence-electron chi connectivity index (χ0n) is 12.4. The molecule has 0 aromatic carbocycles. The third-order valence-corrected chi connectivity index (χ3v) is 5.11. The van der Waals surface area contributed by atoms with Gasteiger partial charge in [-0.1, -0.05) is 13.8 Å². The summed E-state index contributed by atoms with van der Waals surface area (Å²) in [5.74, 6) is 0.908.